The average Bonchev–Trinajstić information content (AvgIpc) is 2.30. The zero-order valence-corrected chi connectivity index (χ0v) is 9.92. The predicted molar refractivity (Wildman–Crippen MR) is 68.2 cm³/mol. The Morgan fingerprint density at radius 1 is 1.26 bits per heavy atom. The number of rotatable bonds is 5. The van der Waals surface area contributed by atoms with Crippen LogP contribution in [0.4, 0.5) is 16.2 Å². The molecule has 102 valence electrons. The number of nitrogens with one attached hydrogen (secondary N) is 2. The number of amides is 3. The summed E-state index contributed by atoms with van der Waals surface area (Å²) in [6, 6.07) is 4.30. The van der Waals surface area contributed by atoms with Crippen molar-refractivity contribution in [3.63, 3.8) is 0 Å². The standard InChI is InChI=1S/C11H14N4O4/c12-6-3-1-2-4-7(6)14-11(19)15-8(10(17)18)5-9(13)16/h1-4,8H,5,12H2,(H2,13,16)(H,17,18)(H2,14,15,19)/t8-/m1/s1. The van der Waals surface area contributed by atoms with Crippen LogP contribution < -0.4 is 22.1 Å². The molecular weight excluding hydrogens is 252 g/mol. The number of hydrogen-bond donors (Lipinski definition) is 5. The van der Waals surface area contributed by atoms with Crippen LogP contribution in [0.2, 0.25) is 0 Å². The Balaban J connectivity index is 2.65. The van der Waals surface area contributed by atoms with E-state index in [1.54, 1.807) is 24.3 Å². The third-order valence-corrected chi connectivity index (χ3v) is 2.22. The first-order valence-corrected chi connectivity index (χ1v) is 5.33. The summed E-state index contributed by atoms with van der Waals surface area (Å²) in [6.07, 6.45) is -0.493. The number of nitrogen functional groups attached to an aromatic ring is 1. The van der Waals surface area contributed by atoms with Gasteiger partial charge in [-0.05, 0) is 12.1 Å². The minimum Gasteiger partial charge on any atom is -0.480 e. The molecule has 3 amide bonds. The molecule has 8 nitrogen and oxygen atoms in total. The maximum absolute atomic E-state index is 11.6. The number of carbonyl (C=O) groups excluding carboxylic acids is 2. The fourth-order valence-electron chi connectivity index (χ4n) is 1.33. The van der Waals surface area contributed by atoms with E-state index in [-0.39, 0.29) is 0 Å². The lowest BCUT2D eigenvalue weighted by molar-refractivity contribution is -0.140. The first kappa shape index (κ1) is 14.3. The number of hydrogen-bond acceptors (Lipinski definition) is 4. The molecule has 0 aliphatic rings. The van der Waals surface area contributed by atoms with E-state index in [0.717, 1.165) is 0 Å². The first-order valence-electron chi connectivity index (χ1n) is 5.33. The summed E-state index contributed by atoms with van der Waals surface area (Å²) in [6.45, 7) is 0. The van der Waals surface area contributed by atoms with Gasteiger partial charge in [0.05, 0.1) is 17.8 Å². The number of urea groups is 1. The quantitative estimate of drug-likeness (QED) is 0.465. The fourth-order valence-corrected chi connectivity index (χ4v) is 1.33. The molecule has 0 aliphatic carbocycles. The Labute approximate surface area is 108 Å². The number of carboxylic acids is 1. The molecule has 1 aromatic carbocycles. The summed E-state index contributed by atoms with van der Waals surface area (Å²) >= 11 is 0. The van der Waals surface area contributed by atoms with Gasteiger partial charge in [-0.3, -0.25) is 4.79 Å². The highest BCUT2D eigenvalue weighted by molar-refractivity contribution is 5.95. The fraction of sp³-hybridized carbons (Fsp3) is 0.182. The Kier molecular flexibility index (Phi) is 4.69. The van der Waals surface area contributed by atoms with Crippen LogP contribution in [0.1, 0.15) is 6.42 Å². The zero-order valence-electron chi connectivity index (χ0n) is 9.92. The molecule has 0 aliphatic heterocycles. The van der Waals surface area contributed by atoms with E-state index >= 15 is 0 Å². The van der Waals surface area contributed by atoms with Gasteiger partial charge in [0.15, 0.2) is 0 Å². The van der Waals surface area contributed by atoms with Crippen LogP contribution in [0.15, 0.2) is 24.3 Å². The van der Waals surface area contributed by atoms with E-state index in [1.165, 1.54) is 0 Å². The molecule has 0 radical (unpaired) electrons. The van der Waals surface area contributed by atoms with Crippen molar-refractivity contribution >= 4 is 29.3 Å². The normalized spacial score (nSPS) is 11.4. The predicted octanol–water partition coefficient (Wildman–Crippen LogP) is -0.281. The highest BCUT2D eigenvalue weighted by Crippen LogP contribution is 2.16. The Hall–Kier alpha value is -2.77. The first-order chi connectivity index (χ1) is 8.90. The van der Waals surface area contributed by atoms with Gasteiger partial charge in [0, 0.05) is 0 Å². The highest BCUT2D eigenvalue weighted by atomic mass is 16.4. The molecule has 0 fully saturated rings. The summed E-state index contributed by atoms with van der Waals surface area (Å²) in [7, 11) is 0. The molecule has 1 rings (SSSR count). The van der Waals surface area contributed by atoms with Crippen molar-refractivity contribution in [3.8, 4) is 0 Å². The molecule has 0 aromatic heterocycles. The minimum atomic E-state index is -1.39. The van der Waals surface area contributed by atoms with E-state index in [4.69, 9.17) is 16.6 Å². The molecule has 19 heavy (non-hydrogen) atoms. The van der Waals surface area contributed by atoms with Gasteiger partial charge in [0.1, 0.15) is 6.04 Å². The van der Waals surface area contributed by atoms with Gasteiger partial charge >= 0.3 is 12.0 Å². The summed E-state index contributed by atoms with van der Waals surface area (Å²) in [5.74, 6) is -2.18. The number of para-hydroxylation sites is 2. The summed E-state index contributed by atoms with van der Waals surface area (Å²) < 4.78 is 0. The van der Waals surface area contributed by atoms with Gasteiger partial charge in [-0.15, -0.1) is 0 Å². The number of anilines is 2. The monoisotopic (exact) mass is 266 g/mol. The Morgan fingerprint density at radius 3 is 2.42 bits per heavy atom. The average molecular weight is 266 g/mol. The second kappa shape index (κ2) is 6.24. The van der Waals surface area contributed by atoms with Gasteiger partial charge in [-0.25, -0.2) is 9.59 Å². The van der Waals surface area contributed by atoms with Crippen molar-refractivity contribution in [3.05, 3.63) is 24.3 Å². The van der Waals surface area contributed by atoms with E-state index in [9.17, 15) is 14.4 Å². The van der Waals surface area contributed by atoms with Crippen LogP contribution in [0.5, 0.6) is 0 Å². The van der Waals surface area contributed by atoms with Crippen molar-refractivity contribution in [1.82, 2.24) is 5.32 Å². The van der Waals surface area contributed by atoms with Crippen LogP contribution in [-0.4, -0.2) is 29.1 Å². The smallest absolute Gasteiger partial charge is 0.326 e. The topological polar surface area (TPSA) is 148 Å². The van der Waals surface area contributed by atoms with Crippen LogP contribution in [0, 0.1) is 0 Å². The largest absolute Gasteiger partial charge is 0.480 e. The summed E-state index contributed by atoms with van der Waals surface area (Å²) in [4.78, 5) is 33.1. The molecule has 0 bridgehead atoms. The number of aliphatic carboxylic acids is 1. The molecule has 0 spiro atoms. The highest BCUT2D eigenvalue weighted by Gasteiger charge is 2.22. The number of carbonyl (C=O) groups is 3. The molecule has 0 saturated heterocycles. The van der Waals surface area contributed by atoms with Crippen molar-refractivity contribution < 1.29 is 19.5 Å². The molecule has 8 heteroatoms. The molecule has 7 N–H and O–H groups in total. The number of benzene rings is 1. The van der Waals surface area contributed by atoms with E-state index in [0.29, 0.717) is 11.4 Å². The zero-order chi connectivity index (χ0) is 14.4. The van der Waals surface area contributed by atoms with Gasteiger partial charge in [-0.2, -0.15) is 0 Å². The van der Waals surface area contributed by atoms with Gasteiger partial charge in [0.25, 0.3) is 0 Å². The maximum Gasteiger partial charge on any atom is 0.326 e. The number of nitrogens with two attached hydrogens (primary N) is 2. The van der Waals surface area contributed by atoms with Crippen molar-refractivity contribution in [2.75, 3.05) is 11.1 Å². The summed E-state index contributed by atoms with van der Waals surface area (Å²) in [5.41, 5.74) is 11.2. The third-order valence-electron chi connectivity index (χ3n) is 2.22. The van der Waals surface area contributed by atoms with E-state index < -0.39 is 30.4 Å². The minimum absolute atomic E-state index is 0.333. The number of primary amides is 1. The molecule has 1 atom stereocenters. The van der Waals surface area contributed by atoms with Gasteiger partial charge < -0.3 is 27.2 Å². The van der Waals surface area contributed by atoms with Gasteiger partial charge in [-0.1, -0.05) is 12.1 Å². The van der Waals surface area contributed by atoms with Crippen LogP contribution >= 0.6 is 0 Å². The third kappa shape index (κ3) is 4.54. The van der Waals surface area contributed by atoms with Crippen molar-refractivity contribution in [2.45, 2.75) is 12.5 Å². The maximum atomic E-state index is 11.6. The molecule has 0 heterocycles. The lowest BCUT2D eigenvalue weighted by Gasteiger charge is -2.14. The van der Waals surface area contributed by atoms with Crippen LogP contribution in [0.3, 0.4) is 0 Å². The Morgan fingerprint density at radius 2 is 1.89 bits per heavy atom. The van der Waals surface area contributed by atoms with Gasteiger partial charge in [0.2, 0.25) is 5.91 Å². The van der Waals surface area contributed by atoms with Crippen LogP contribution in [-0.2, 0) is 9.59 Å². The van der Waals surface area contributed by atoms with Crippen LogP contribution in [0.25, 0.3) is 0 Å². The molecular formula is C11H14N4O4. The molecule has 0 unspecified atom stereocenters. The molecule has 0 saturated carbocycles. The van der Waals surface area contributed by atoms with Crippen molar-refractivity contribution in [2.24, 2.45) is 5.73 Å². The van der Waals surface area contributed by atoms with Crippen molar-refractivity contribution in [1.29, 1.82) is 0 Å². The summed E-state index contributed by atoms with van der Waals surface area (Å²) in [5, 5.41) is 13.3. The SMILES string of the molecule is NC(=O)C[C@@H](NC(=O)Nc1ccccc1N)C(=O)O. The van der Waals surface area contributed by atoms with E-state index in [2.05, 4.69) is 10.6 Å². The van der Waals surface area contributed by atoms with E-state index in [1.807, 2.05) is 0 Å². The number of carboxylic acid groups (broad SMARTS) is 1. The molecule has 1 aromatic rings. The Bertz CT molecular complexity index is 503. The second-order valence-electron chi connectivity index (χ2n) is 3.75. The lowest BCUT2D eigenvalue weighted by atomic mass is 10.2. The lowest BCUT2D eigenvalue weighted by Crippen LogP contribution is -2.45. The second-order valence-corrected chi connectivity index (χ2v) is 3.75.